The smallest absolute Gasteiger partial charge is 0.337 e. The summed E-state index contributed by atoms with van der Waals surface area (Å²) in [5.74, 6) is -0.592. The molecule has 3 aromatic rings. The van der Waals surface area contributed by atoms with Crippen LogP contribution >= 0.6 is 0 Å². The predicted molar refractivity (Wildman–Crippen MR) is 96.6 cm³/mol. The van der Waals surface area contributed by atoms with E-state index in [9.17, 15) is 9.59 Å². The molecule has 0 atom stereocenters. The van der Waals surface area contributed by atoms with E-state index >= 15 is 0 Å². The van der Waals surface area contributed by atoms with E-state index in [-0.39, 0.29) is 12.4 Å². The number of nitrogen functional groups attached to an aromatic ring is 1. The van der Waals surface area contributed by atoms with Gasteiger partial charge in [-0.05, 0) is 39.0 Å². The number of fused-ring (bicyclic) bond motifs is 3. The van der Waals surface area contributed by atoms with Crippen LogP contribution in [0.2, 0.25) is 0 Å². The summed E-state index contributed by atoms with van der Waals surface area (Å²) in [7, 11) is 1.32. The third-order valence-corrected chi connectivity index (χ3v) is 3.80. The molecule has 3 rings (SSSR count). The van der Waals surface area contributed by atoms with Crippen LogP contribution in [-0.2, 0) is 20.8 Å². The molecule has 1 aromatic carbocycles. The van der Waals surface area contributed by atoms with Crippen molar-refractivity contribution in [3.8, 4) is 0 Å². The monoisotopic (exact) mass is 356 g/mol. The molecule has 136 valence electrons. The number of nitrogens with zero attached hydrogens (tertiary/aromatic N) is 3. The number of methoxy groups -OCH3 is 1. The first-order valence-electron chi connectivity index (χ1n) is 8.04. The zero-order valence-electron chi connectivity index (χ0n) is 15.1. The molecule has 0 bridgehead atoms. The molecule has 0 saturated carbocycles. The molecule has 2 heterocycles. The number of carbonyl (C=O) groups excluding carboxylic acids is 2. The molecule has 0 saturated heterocycles. The minimum Gasteiger partial charge on any atom is -0.465 e. The quantitative estimate of drug-likeness (QED) is 0.717. The number of nitrogens with two attached hydrogens (primary N) is 1. The fourth-order valence-electron chi connectivity index (χ4n) is 2.85. The Labute approximate surface area is 149 Å². The van der Waals surface area contributed by atoms with Gasteiger partial charge in [-0.1, -0.05) is 0 Å². The standard InChI is InChI=1S/C18H20N4O4/c1-18(2,3)26-13(23)8-22-12-6-5-10(17(24)25-4)7-11(12)14-15(19)20-9-21-16(14)22/h5-7,9H,8H2,1-4H3,(H2,19,20,21). The molecule has 0 aliphatic carbocycles. The molecule has 0 aliphatic rings. The van der Waals surface area contributed by atoms with E-state index < -0.39 is 17.5 Å². The second-order valence-electron chi connectivity index (χ2n) is 6.85. The Morgan fingerprint density at radius 1 is 1.23 bits per heavy atom. The van der Waals surface area contributed by atoms with Crippen molar-refractivity contribution < 1.29 is 19.1 Å². The predicted octanol–water partition coefficient (Wildman–Crippen LogP) is 2.29. The minimum absolute atomic E-state index is 0.0364. The van der Waals surface area contributed by atoms with Gasteiger partial charge in [-0.15, -0.1) is 0 Å². The van der Waals surface area contributed by atoms with Gasteiger partial charge in [0.25, 0.3) is 0 Å². The van der Waals surface area contributed by atoms with Gasteiger partial charge in [0.15, 0.2) is 0 Å². The van der Waals surface area contributed by atoms with Gasteiger partial charge in [0.05, 0.1) is 23.6 Å². The Morgan fingerprint density at radius 3 is 2.62 bits per heavy atom. The zero-order valence-corrected chi connectivity index (χ0v) is 15.1. The summed E-state index contributed by atoms with van der Waals surface area (Å²) in [6, 6.07) is 5.02. The summed E-state index contributed by atoms with van der Waals surface area (Å²) in [4.78, 5) is 32.5. The highest BCUT2D eigenvalue weighted by molar-refractivity contribution is 6.13. The van der Waals surface area contributed by atoms with Crippen molar-refractivity contribution in [3.05, 3.63) is 30.1 Å². The lowest BCUT2D eigenvalue weighted by Gasteiger charge is -2.20. The van der Waals surface area contributed by atoms with Crippen LogP contribution in [0.3, 0.4) is 0 Å². The number of carbonyl (C=O) groups is 2. The van der Waals surface area contributed by atoms with E-state index in [1.54, 1.807) is 43.5 Å². The van der Waals surface area contributed by atoms with Crippen LogP contribution in [0.5, 0.6) is 0 Å². The Balaban J connectivity index is 2.20. The number of benzene rings is 1. The second-order valence-corrected chi connectivity index (χ2v) is 6.85. The van der Waals surface area contributed by atoms with Crippen LogP contribution in [0.25, 0.3) is 21.9 Å². The number of esters is 2. The lowest BCUT2D eigenvalue weighted by Crippen LogP contribution is -2.26. The minimum atomic E-state index is -0.595. The lowest BCUT2D eigenvalue weighted by molar-refractivity contribution is -0.155. The van der Waals surface area contributed by atoms with E-state index in [1.165, 1.54) is 13.4 Å². The van der Waals surface area contributed by atoms with Crippen LogP contribution in [0, 0.1) is 0 Å². The van der Waals surface area contributed by atoms with Gasteiger partial charge in [-0.3, -0.25) is 4.79 Å². The molecule has 8 heteroatoms. The Kier molecular flexibility index (Phi) is 4.27. The number of rotatable bonds is 3. The summed E-state index contributed by atoms with van der Waals surface area (Å²) in [6.07, 6.45) is 1.34. The topological polar surface area (TPSA) is 109 Å². The molecular formula is C18H20N4O4. The second kappa shape index (κ2) is 6.29. The largest absolute Gasteiger partial charge is 0.465 e. The van der Waals surface area contributed by atoms with Gasteiger partial charge in [0.1, 0.15) is 29.9 Å². The van der Waals surface area contributed by atoms with E-state index in [4.69, 9.17) is 15.2 Å². The molecule has 2 aromatic heterocycles. The fourth-order valence-corrected chi connectivity index (χ4v) is 2.85. The van der Waals surface area contributed by atoms with Crippen molar-refractivity contribution in [2.45, 2.75) is 32.9 Å². The van der Waals surface area contributed by atoms with Gasteiger partial charge in [0, 0.05) is 5.39 Å². The Bertz CT molecular complexity index is 1020. The van der Waals surface area contributed by atoms with Crippen LogP contribution in [0.1, 0.15) is 31.1 Å². The van der Waals surface area contributed by atoms with E-state index in [2.05, 4.69) is 9.97 Å². The Morgan fingerprint density at radius 2 is 1.96 bits per heavy atom. The maximum absolute atomic E-state index is 12.3. The first-order chi connectivity index (χ1) is 12.2. The average molecular weight is 356 g/mol. The summed E-state index contributed by atoms with van der Waals surface area (Å²) >= 11 is 0. The first kappa shape index (κ1) is 17.7. The normalized spacial score (nSPS) is 11.7. The SMILES string of the molecule is COC(=O)c1ccc2c(c1)c1c(N)ncnc1n2CC(=O)OC(C)(C)C. The van der Waals surface area contributed by atoms with E-state index in [1.807, 2.05) is 0 Å². The van der Waals surface area contributed by atoms with Crippen LogP contribution in [-0.4, -0.2) is 39.2 Å². The Hall–Kier alpha value is -3.16. The molecule has 0 aliphatic heterocycles. The van der Waals surface area contributed by atoms with Crippen molar-refractivity contribution in [3.63, 3.8) is 0 Å². The maximum atomic E-state index is 12.3. The third kappa shape index (κ3) is 3.17. The summed E-state index contributed by atoms with van der Waals surface area (Å²) in [6.45, 7) is 5.38. The van der Waals surface area contributed by atoms with Crippen molar-refractivity contribution in [1.29, 1.82) is 0 Å². The number of hydrogen-bond donors (Lipinski definition) is 1. The zero-order chi connectivity index (χ0) is 19.1. The van der Waals surface area contributed by atoms with Gasteiger partial charge >= 0.3 is 11.9 Å². The molecule has 0 unspecified atom stereocenters. The van der Waals surface area contributed by atoms with E-state index in [0.717, 1.165) is 0 Å². The molecule has 2 N–H and O–H groups in total. The van der Waals surface area contributed by atoms with E-state index in [0.29, 0.717) is 27.5 Å². The number of anilines is 1. The van der Waals surface area contributed by atoms with Gasteiger partial charge in [0.2, 0.25) is 0 Å². The number of aromatic nitrogens is 3. The molecule has 0 fully saturated rings. The fraction of sp³-hybridized carbons (Fsp3) is 0.333. The lowest BCUT2D eigenvalue weighted by atomic mass is 10.1. The highest BCUT2D eigenvalue weighted by Gasteiger charge is 2.21. The van der Waals surface area contributed by atoms with Crippen molar-refractivity contribution in [1.82, 2.24) is 14.5 Å². The molecule has 26 heavy (non-hydrogen) atoms. The maximum Gasteiger partial charge on any atom is 0.337 e. The highest BCUT2D eigenvalue weighted by Crippen LogP contribution is 2.31. The summed E-state index contributed by atoms with van der Waals surface area (Å²) < 4.78 is 11.9. The summed E-state index contributed by atoms with van der Waals surface area (Å²) in [5.41, 5.74) is 7.01. The highest BCUT2D eigenvalue weighted by atomic mass is 16.6. The van der Waals surface area contributed by atoms with Crippen molar-refractivity contribution in [2.75, 3.05) is 12.8 Å². The number of ether oxygens (including phenoxy) is 2. The van der Waals surface area contributed by atoms with Crippen LogP contribution < -0.4 is 5.73 Å². The van der Waals surface area contributed by atoms with Gasteiger partial charge in [-0.2, -0.15) is 0 Å². The molecular weight excluding hydrogens is 336 g/mol. The van der Waals surface area contributed by atoms with Gasteiger partial charge < -0.3 is 19.8 Å². The van der Waals surface area contributed by atoms with Crippen LogP contribution in [0.15, 0.2) is 24.5 Å². The first-order valence-corrected chi connectivity index (χ1v) is 8.04. The van der Waals surface area contributed by atoms with Crippen LogP contribution in [0.4, 0.5) is 5.82 Å². The number of hydrogen-bond acceptors (Lipinski definition) is 7. The third-order valence-electron chi connectivity index (χ3n) is 3.80. The van der Waals surface area contributed by atoms with Gasteiger partial charge in [-0.25, -0.2) is 14.8 Å². The molecule has 0 spiro atoms. The van der Waals surface area contributed by atoms with Crippen molar-refractivity contribution in [2.24, 2.45) is 0 Å². The molecule has 0 radical (unpaired) electrons. The van der Waals surface area contributed by atoms with Crippen molar-refractivity contribution >= 4 is 39.7 Å². The molecule has 8 nitrogen and oxygen atoms in total. The average Bonchev–Trinajstić information content (AvgIpc) is 2.87. The molecule has 0 amide bonds. The summed E-state index contributed by atoms with van der Waals surface area (Å²) in [5, 5.41) is 1.25.